The van der Waals surface area contributed by atoms with Crippen LogP contribution in [0.4, 0.5) is 0 Å². The highest BCUT2D eigenvalue weighted by atomic mass is 35.5. The van der Waals surface area contributed by atoms with Crippen molar-refractivity contribution in [2.75, 3.05) is 19.0 Å². The van der Waals surface area contributed by atoms with Crippen LogP contribution in [0, 0.1) is 17.3 Å². The van der Waals surface area contributed by atoms with Crippen molar-refractivity contribution in [3.8, 4) is 0 Å². The Bertz CT molecular complexity index is 373. The van der Waals surface area contributed by atoms with E-state index in [-0.39, 0.29) is 5.41 Å². The Labute approximate surface area is 115 Å². The van der Waals surface area contributed by atoms with Crippen molar-refractivity contribution in [2.24, 2.45) is 17.3 Å². The lowest BCUT2D eigenvalue weighted by Crippen LogP contribution is -2.41. The Kier molecular flexibility index (Phi) is 4.16. The molecule has 0 aromatic heterocycles. The van der Waals surface area contributed by atoms with Gasteiger partial charge in [-0.1, -0.05) is 24.3 Å². The topological polar surface area (TPSA) is 20.3 Å². The lowest BCUT2D eigenvalue weighted by Gasteiger charge is -2.31. The maximum absolute atomic E-state index is 12.8. The van der Waals surface area contributed by atoms with Crippen LogP contribution in [0.5, 0.6) is 0 Å². The van der Waals surface area contributed by atoms with Crippen LogP contribution < -0.4 is 0 Å². The molecule has 0 spiro atoms. The molecule has 0 saturated heterocycles. The van der Waals surface area contributed by atoms with E-state index in [0.717, 1.165) is 25.9 Å². The molecule has 2 aliphatic carbocycles. The molecule has 0 aromatic carbocycles. The first kappa shape index (κ1) is 13.7. The molecule has 1 fully saturated rings. The van der Waals surface area contributed by atoms with Crippen LogP contribution in [0.2, 0.25) is 0 Å². The zero-order valence-electron chi connectivity index (χ0n) is 11.2. The Hall–Kier alpha value is -0.760. The second-order valence-corrected chi connectivity index (χ2v) is 5.54. The summed E-state index contributed by atoms with van der Waals surface area (Å²) in [5.74, 6) is 1.59. The maximum Gasteiger partial charge on any atom is 0.229 e. The maximum atomic E-state index is 12.8. The van der Waals surface area contributed by atoms with E-state index in [1.54, 1.807) is 0 Å². The van der Waals surface area contributed by atoms with Crippen LogP contribution in [0.3, 0.4) is 0 Å². The van der Waals surface area contributed by atoms with Gasteiger partial charge in [0.2, 0.25) is 5.91 Å². The summed E-state index contributed by atoms with van der Waals surface area (Å²) >= 11 is 6.02. The molecule has 0 heterocycles. The van der Waals surface area contributed by atoms with Crippen molar-refractivity contribution in [3.05, 3.63) is 24.3 Å². The van der Waals surface area contributed by atoms with Gasteiger partial charge >= 0.3 is 0 Å². The van der Waals surface area contributed by atoms with Gasteiger partial charge < -0.3 is 4.90 Å². The van der Waals surface area contributed by atoms with E-state index in [0.29, 0.717) is 23.6 Å². The largest absolute Gasteiger partial charge is 0.343 e. The summed E-state index contributed by atoms with van der Waals surface area (Å²) in [6, 6.07) is 0. The predicted octanol–water partition coefficient (Wildman–Crippen LogP) is 3.23. The molecular formula is C15H22ClNO. The average Bonchev–Trinajstić information content (AvgIpc) is 3.17. The van der Waals surface area contributed by atoms with Crippen molar-refractivity contribution in [1.82, 2.24) is 4.90 Å². The minimum absolute atomic E-state index is 0.213. The third kappa shape index (κ3) is 2.11. The standard InChI is InChI=1S/C15H22ClNO/c1-3-17(4-2)14(18)15(10-13(15)11-16)12-8-6-5-7-9-12/h5-8,12-13H,3-4,9-11H2,1-2H3/t12?,13-,15+/m0/s1. The van der Waals surface area contributed by atoms with E-state index in [1.807, 2.05) is 18.7 Å². The van der Waals surface area contributed by atoms with E-state index >= 15 is 0 Å². The lowest BCUT2D eigenvalue weighted by atomic mass is 9.81. The van der Waals surface area contributed by atoms with Gasteiger partial charge in [0.15, 0.2) is 0 Å². The fraction of sp³-hybridized carbons (Fsp3) is 0.667. The van der Waals surface area contributed by atoms with Crippen molar-refractivity contribution < 1.29 is 4.79 Å². The van der Waals surface area contributed by atoms with Crippen molar-refractivity contribution in [1.29, 1.82) is 0 Å². The number of allylic oxidation sites excluding steroid dienone is 4. The summed E-state index contributed by atoms with van der Waals surface area (Å²) in [7, 11) is 0. The van der Waals surface area contributed by atoms with Gasteiger partial charge in [-0.3, -0.25) is 4.79 Å². The van der Waals surface area contributed by atoms with Gasteiger partial charge in [-0.05, 0) is 38.5 Å². The molecule has 1 saturated carbocycles. The van der Waals surface area contributed by atoms with Crippen molar-refractivity contribution >= 4 is 17.5 Å². The van der Waals surface area contributed by atoms with Gasteiger partial charge in [0.1, 0.15) is 0 Å². The van der Waals surface area contributed by atoms with Gasteiger partial charge in [0.05, 0.1) is 5.41 Å². The van der Waals surface area contributed by atoms with Crippen LogP contribution in [-0.4, -0.2) is 29.8 Å². The molecule has 1 unspecified atom stereocenters. The highest BCUT2D eigenvalue weighted by molar-refractivity contribution is 6.18. The molecule has 0 radical (unpaired) electrons. The SMILES string of the molecule is CCN(CC)C(=O)[C@@]1(C2C=CC=CC2)C[C@H]1CCl. The smallest absolute Gasteiger partial charge is 0.229 e. The molecular weight excluding hydrogens is 246 g/mol. The Morgan fingerprint density at radius 1 is 1.39 bits per heavy atom. The third-order valence-electron chi connectivity index (χ3n) is 4.43. The van der Waals surface area contributed by atoms with Gasteiger partial charge in [-0.2, -0.15) is 0 Å². The number of alkyl halides is 1. The Morgan fingerprint density at radius 2 is 2.11 bits per heavy atom. The molecule has 18 heavy (non-hydrogen) atoms. The summed E-state index contributed by atoms with van der Waals surface area (Å²) in [6.07, 6.45) is 10.4. The van der Waals surface area contributed by atoms with Crippen LogP contribution in [0.25, 0.3) is 0 Å². The summed E-state index contributed by atoms with van der Waals surface area (Å²) in [5, 5.41) is 0. The van der Waals surface area contributed by atoms with E-state index in [9.17, 15) is 4.79 Å². The number of amides is 1. The van der Waals surface area contributed by atoms with Crippen molar-refractivity contribution in [3.63, 3.8) is 0 Å². The molecule has 1 amide bonds. The number of rotatable bonds is 5. The number of nitrogens with zero attached hydrogens (tertiary/aromatic N) is 1. The first-order valence-corrected chi connectivity index (χ1v) is 7.42. The lowest BCUT2D eigenvalue weighted by molar-refractivity contribution is -0.138. The van der Waals surface area contributed by atoms with E-state index < -0.39 is 0 Å². The van der Waals surface area contributed by atoms with Gasteiger partial charge in [0, 0.05) is 19.0 Å². The molecule has 2 rings (SSSR count). The van der Waals surface area contributed by atoms with Gasteiger partial charge in [-0.25, -0.2) is 0 Å². The zero-order chi connectivity index (χ0) is 13.2. The normalized spacial score (nSPS) is 33.5. The highest BCUT2D eigenvalue weighted by Crippen LogP contribution is 2.61. The van der Waals surface area contributed by atoms with Crippen LogP contribution in [-0.2, 0) is 4.79 Å². The number of hydrogen-bond acceptors (Lipinski definition) is 1. The first-order valence-electron chi connectivity index (χ1n) is 6.89. The molecule has 0 N–H and O–H groups in total. The molecule has 2 nitrogen and oxygen atoms in total. The number of hydrogen-bond donors (Lipinski definition) is 0. The summed E-state index contributed by atoms with van der Waals surface area (Å²) in [5.41, 5.74) is -0.213. The van der Waals surface area contributed by atoms with Gasteiger partial charge in [0.25, 0.3) is 0 Å². The monoisotopic (exact) mass is 267 g/mol. The van der Waals surface area contributed by atoms with Crippen molar-refractivity contribution in [2.45, 2.75) is 26.7 Å². The Morgan fingerprint density at radius 3 is 2.56 bits per heavy atom. The number of carbonyl (C=O) groups excluding carboxylic acids is 1. The third-order valence-corrected chi connectivity index (χ3v) is 4.80. The zero-order valence-corrected chi connectivity index (χ0v) is 12.0. The quantitative estimate of drug-likeness (QED) is 0.701. The molecule has 2 aliphatic rings. The fourth-order valence-electron chi connectivity index (χ4n) is 3.18. The van der Waals surface area contributed by atoms with Crippen LogP contribution >= 0.6 is 11.6 Å². The molecule has 3 atom stereocenters. The number of halogens is 1. The molecule has 0 aromatic rings. The highest BCUT2D eigenvalue weighted by Gasteiger charge is 2.63. The Balaban J connectivity index is 2.20. The fourth-order valence-corrected chi connectivity index (χ4v) is 3.57. The minimum atomic E-state index is -0.213. The number of carbonyl (C=O) groups is 1. The molecule has 0 bridgehead atoms. The molecule has 0 aliphatic heterocycles. The van der Waals surface area contributed by atoms with E-state index in [1.165, 1.54) is 0 Å². The van der Waals surface area contributed by atoms with E-state index in [2.05, 4.69) is 24.3 Å². The summed E-state index contributed by atoms with van der Waals surface area (Å²) in [4.78, 5) is 14.7. The summed E-state index contributed by atoms with van der Waals surface area (Å²) < 4.78 is 0. The van der Waals surface area contributed by atoms with E-state index in [4.69, 9.17) is 11.6 Å². The molecule has 3 heteroatoms. The summed E-state index contributed by atoms with van der Waals surface area (Å²) in [6.45, 7) is 5.67. The minimum Gasteiger partial charge on any atom is -0.343 e. The van der Waals surface area contributed by atoms with Crippen LogP contribution in [0.15, 0.2) is 24.3 Å². The second-order valence-electron chi connectivity index (χ2n) is 5.23. The second kappa shape index (κ2) is 5.48. The van der Waals surface area contributed by atoms with Crippen LogP contribution in [0.1, 0.15) is 26.7 Å². The van der Waals surface area contributed by atoms with Gasteiger partial charge in [-0.15, -0.1) is 11.6 Å². The predicted molar refractivity (Wildman–Crippen MR) is 75.6 cm³/mol. The molecule has 100 valence electrons. The first-order chi connectivity index (χ1) is 8.70. The average molecular weight is 268 g/mol.